The number of nitrogens with zero attached hydrogens (tertiary/aromatic N) is 1. The Labute approximate surface area is 118 Å². The standard InChI is InChI=1S/C17H28N2/c1-17(2,3)13-19(4)16(12-18-15-10-11-15)14-8-6-5-7-9-14/h5-9,15-16,18H,10-13H2,1-4H3. The molecule has 1 unspecified atom stereocenters. The van der Waals surface area contributed by atoms with Crippen molar-refractivity contribution in [2.45, 2.75) is 45.7 Å². The SMILES string of the molecule is CN(CC(C)(C)C)C(CNC1CC1)c1ccccc1. The van der Waals surface area contributed by atoms with E-state index in [0.29, 0.717) is 11.5 Å². The predicted molar refractivity (Wildman–Crippen MR) is 82.3 cm³/mol. The van der Waals surface area contributed by atoms with E-state index in [-0.39, 0.29) is 0 Å². The fourth-order valence-electron chi connectivity index (χ4n) is 2.63. The molecule has 0 bridgehead atoms. The molecule has 1 N–H and O–H groups in total. The first kappa shape index (κ1) is 14.5. The van der Waals surface area contributed by atoms with Gasteiger partial charge < -0.3 is 5.32 Å². The summed E-state index contributed by atoms with van der Waals surface area (Å²) in [6.07, 6.45) is 2.70. The van der Waals surface area contributed by atoms with Crippen LogP contribution in [0, 0.1) is 5.41 Å². The molecule has 1 aliphatic carbocycles. The molecule has 0 amide bonds. The lowest BCUT2D eigenvalue weighted by Gasteiger charge is -2.34. The van der Waals surface area contributed by atoms with Crippen LogP contribution in [0.1, 0.15) is 45.2 Å². The van der Waals surface area contributed by atoms with Crippen molar-refractivity contribution in [2.24, 2.45) is 5.41 Å². The Morgan fingerprint density at radius 3 is 2.37 bits per heavy atom. The van der Waals surface area contributed by atoms with Crippen LogP contribution < -0.4 is 5.32 Å². The van der Waals surface area contributed by atoms with Crippen molar-refractivity contribution in [3.8, 4) is 0 Å². The topological polar surface area (TPSA) is 15.3 Å². The first-order valence-corrected chi connectivity index (χ1v) is 7.44. The van der Waals surface area contributed by atoms with Crippen molar-refractivity contribution in [1.29, 1.82) is 0 Å². The lowest BCUT2D eigenvalue weighted by atomic mass is 9.94. The Bertz CT molecular complexity index is 376. The van der Waals surface area contributed by atoms with E-state index in [1.165, 1.54) is 18.4 Å². The fraction of sp³-hybridized carbons (Fsp3) is 0.647. The normalized spacial score (nSPS) is 17.7. The van der Waals surface area contributed by atoms with Gasteiger partial charge in [-0.1, -0.05) is 51.1 Å². The Morgan fingerprint density at radius 2 is 1.84 bits per heavy atom. The second kappa shape index (κ2) is 6.06. The second-order valence-corrected chi connectivity index (χ2v) is 7.08. The van der Waals surface area contributed by atoms with Crippen LogP contribution in [0.2, 0.25) is 0 Å². The number of nitrogens with one attached hydrogen (secondary N) is 1. The van der Waals surface area contributed by atoms with Crippen molar-refractivity contribution >= 4 is 0 Å². The molecular formula is C17H28N2. The average Bonchev–Trinajstić information content (AvgIpc) is 3.12. The van der Waals surface area contributed by atoms with E-state index in [2.05, 4.69) is 68.4 Å². The first-order chi connectivity index (χ1) is 8.96. The molecule has 1 aliphatic rings. The minimum absolute atomic E-state index is 0.335. The minimum atomic E-state index is 0.335. The summed E-state index contributed by atoms with van der Waals surface area (Å²) in [4.78, 5) is 2.49. The Hall–Kier alpha value is -0.860. The quantitative estimate of drug-likeness (QED) is 0.842. The van der Waals surface area contributed by atoms with Gasteiger partial charge in [-0.2, -0.15) is 0 Å². The van der Waals surface area contributed by atoms with Gasteiger partial charge in [0.05, 0.1) is 0 Å². The van der Waals surface area contributed by atoms with Gasteiger partial charge in [0.15, 0.2) is 0 Å². The van der Waals surface area contributed by atoms with Gasteiger partial charge in [-0.25, -0.2) is 0 Å². The van der Waals surface area contributed by atoms with Gasteiger partial charge in [0.1, 0.15) is 0 Å². The van der Waals surface area contributed by atoms with Gasteiger partial charge in [0.25, 0.3) is 0 Å². The summed E-state index contributed by atoms with van der Waals surface area (Å²) in [5.41, 5.74) is 1.75. The molecule has 2 nitrogen and oxygen atoms in total. The molecule has 2 rings (SSSR count). The van der Waals surface area contributed by atoms with Crippen molar-refractivity contribution in [2.75, 3.05) is 20.1 Å². The molecule has 0 aromatic heterocycles. The van der Waals surface area contributed by atoms with Crippen LogP contribution in [0.3, 0.4) is 0 Å². The molecule has 0 heterocycles. The van der Waals surface area contributed by atoms with Crippen molar-refractivity contribution in [3.63, 3.8) is 0 Å². The highest BCUT2D eigenvalue weighted by Gasteiger charge is 2.25. The molecule has 1 aromatic carbocycles. The molecule has 19 heavy (non-hydrogen) atoms. The highest BCUT2D eigenvalue weighted by molar-refractivity contribution is 5.19. The number of hydrogen-bond donors (Lipinski definition) is 1. The summed E-state index contributed by atoms with van der Waals surface area (Å²) < 4.78 is 0. The van der Waals surface area contributed by atoms with Crippen LogP contribution in [0.25, 0.3) is 0 Å². The Balaban J connectivity index is 2.04. The summed E-state index contributed by atoms with van der Waals surface area (Å²) in [5, 5.41) is 3.68. The van der Waals surface area contributed by atoms with Crippen LogP contribution in [0.15, 0.2) is 30.3 Å². The summed E-state index contributed by atoms with van der Waals surface area (Å²) in [6.45, 7) is 9.08. The van der Waals surface area contributed by atoms with Crippen LogP contribution in [-0.4, -0.2) is 31.1 Å². The molecular weight excluding hydrogens is 232 g/mol. The van der Waals surface area contributed by atoms with Crippen LogP contribution in [0.5, 0.6) is 0 Å². The number of hydrogen-bond acceptors (Lipinski definition) is 2. The predicted octanol–water partition coefficient (Wildman–Crippen LogP) is 3.46. The van der Waals surface area contributed by atoms with E-state index in [1.807, 2.05) is 0 Å². The Morgan fingerprint density at radius 1 is 1.21 bits per heavy atom. The van der Waals surface area contributed by atoms with Crippen LogP contribution in [-0.2, 0) is 0 Å². The third-order valence-electron chi connectivity index (χ3n) is 3.62. The number of likely N-dealkylation sites (N-methyl/N-ethyl adjacent to an activating group) is 1. The summed E-state index contributed by atoms with van der Waals surface area (Å²) in [5.74, 6) is 0. The van der Waals surface area contributed by atoms with E-state index in [4.69, 9.17) is 0 Å². The zero-order valence-electron chi connectivity index (χ0n) is 12.8. The zero-order valence-corrected chi connectivity index (χ0v) is 12.8. The molecule has 1 atom stereocenters. The van der Waals surface area contributed by atoms with E-state index in [0.717, 1.165) is 19.1 Å². The number of rotatable bonds is 6. The highest BCUT2D eigenvalue weighted by Crippen LogP contribution is 2.25. The minimum Gasteiger partial charge on any atom is -0.312 e. The molecule has 106 valence electrons. The molecule has 0 saturated heterocycles. The van der Waals surface area contributed by atoms with Gasteiger partial charge in [-0.3, -0.25) is 4.90 Å². The maximum Gasteiger partial charge on any atom is 0.0469 e. The molecule has 0 spiro atoms. The van der Waals surface area contributed by atoms with Gasteiger partial charge >= 0.3 is 0 Å². The molecule has 1 saturated carbocycles. The van der Waals surface area contributed by atoms with Gasteiger partial charge in [-0.15, -0.1) is 0 Å². The lowest BCUT2D eigenvalue weighted by Crippen LogP contribution is -2.38. The summed E-state index contributed by atoms with van der Waals surface area (Å²) >= 11 is 0. The monoisotopic (exact) mass is 260 g/mol. The van der Waals surface area contributed by atoms with Gasteiger partial charge in [0, 0.05) is 25.2 Å². The Kier molecular flexibility index (Phi) is 4.64. The summed E-state index contributed by atoms with van der Waals surface area (Å²) in [6, 6.07) is 12.1. The fourth-order valence-corrected chi connectivity index (χ4v) is 2.63. The number of benzene rings is 1. The van der Waals surface area contributed by atoms with Gasteiger partial charge in [0.2, 0.25) is 0 Å². The molecule has 0 radical (unpaired) electrons. The third-order valence-corrected chi connectivity index (χ3v) is 3.62. The van der Waals surface area contributed by atoms with E-state index < -0.39 is 0 Å². The van der Waals surface area contributed by atoms with Crippen molar-refractivity contribution in [1.82, 2.24) is 10.2 Å². The van der Waals surface area contributed by atoms with E-state index >= 15 is 0 Å². The zero-order chi connectivity index (χ0) is 13.9. The maximum absolute atomic E-state index is 3.68. The average molecular weight is 260 g/mol. The van der Waals surface area contributed by atoms with Crippen molar-refractivity contribution in [3.05, 3.63) is 35.9 Å². The lowest BCUT2D eigenvalue weighted by molar-refractivity contribution is 0.169. The molecule has 2 heteroatoms. The first-order valence-electron chi connectivity index (χ1n) is 7.44. The van der Waals surface area contributed by atoms with Crippen molar-refractivity contribution < 1.29 is 0 Å². The molecule has 1 aromatic rings. The van der Waals surface area contributed by atoms with Crippen LogP contribution >= 0.6 is 0 Å². The van der Waals surface area contributed by atoms with E-state index in [1.54, 1.807) is 0 Å². The third kappa shape index (κ3) is 4.96. The maximum atomic E-state index is 3.68. The largest absolute Gasteiger partial charge is 0.312 e. The highest BCUT2D eigenvalue weighted by atomic mass is 15.2. The molecule has 0 aliphatic heterocycles. The van der Waals surface area contributed by atoms with Gasteiger partial charge in [-0.05, 0) is 30.9 Å². The van der Waals surface area contributed by atoms with Crippen LogP contribution in [0.4, 0.5) is 0 Å². The summed E-state index contributed by atoms with van der Waals surface area (Å²) in [7, 11) is 2.25. The smallest absolute Gasteiger partial charge is 0.0469 e. The molecule has 1 fully saturated rings. The van der Waals surface area contributed by atoms with E-state index in [9.17, 15) is 0 Å². The second-order valence-electron chi connectivity index (χ2n) is 7.08.